The lowest BCUT2D eigenvalue weighted by atomic mass is 9.86. The molecule has 0 spiro atoms. The zero-order valence-electron chi connectivity index (χ0n) is 20.8. The minimum atomic E-state index is -0.872. The van der Waals surface area contributed by atoms with Crippen LogP contribution in [0.25, 0.3) is 0 Å². The fourth-order valence-electron chi connectivity index (χ4n) is 4.32. The first kappa shape index (κ1) is 25.8. The van der Waals surface area contributed by atoms with Gasteiger partial charge >= 0.3 is 0 Å². The van der Waals surface area contributed by atoms with Gasteiger partial charge in [0, 0.05) is 11.8 Å². The lowest BCUT2D eigenvalue weighted by Gasteiger charge is -2.30. The third-order valence-electron chi connectivity index (χ3n) is 6.29. The third kappa shape index (κ3) is 6.26. The number of likely N-dealkylation sites (tertiary alicyclic amines) is 1. The van der Waals surface area contributed by atoms with E-state index in [0.717, 1.165) is 37.4 Å². The summed E-state index contributed by atoms with van der Waals surface area (Å²) in [5.41, 5.74) is 3.95. The number of halogens is 1. The van der Waals surface area contributed by atoms with Gasteiger partial charge in [0.15, 0.2) is 0 Å². The second-order valence-electron chi connectivity index (χ2n) is 8.91. The fraction of sp³-hybridized carbons (Fsp3) is 0.333. The van der Waals surface area contributed by atoms with Crippen LogP contribution in [0, 0.1) is 6.92 Å². The molecule has 1 aromatic heterocycles. The molecule has 1 fully saturated rings. The lowest BCUT2D eigenvalue weighted by molar-refractivity contribution is 0.253. The number of nitrogens with one attached hydrogen (secondary N) is 2. The van der Waals surface area contributed by atoms with Crippen molar-refractivity contribution in [1.82, 2.24) is 14.9 Å². The highest BCUT2D eigenvalue weighted by Gasteiger charge is 2.22. The van der Waals surface area contributed by atoms with E-state index in [2.05, 4.69) is 58.2 Å². The standard InChI is InChI=1S/C27H32ClN5O3/c1-5-25(34)30-19-7-6-8-20(14-19)36-26-22(28)16-29-27(32-26)31-23-13-17(2)21(15-24(23)35-4)18-9-11-33(3)12-10-18/h5-8,13-16,18,25,30,34H,1,9-12H2,2-4H3,(H,29,31,32). The van der Waals surface area contributed by atoms with E-state index in [1.807, 2.05) is 0 Å². The van der Waals surface area contributed by atoms with Gasteiger partial charge in [0.25, 0.3) is 0 Å². The summed E-state index contributed by atoms with van der Waals surface area (Å²) < 4.78 is 11.6. The summed E-state index contributed by atoms with van der Waals surface area (Å²) in [5.74, 6) is 2.28. The number of aryl methyl sites for hydroxylation is 1. The molecule has 8 nitrogen and oxygen atoms in total. The van der Waals surface area contributed by atoms with Gasteiger partial charge < -0.3 is 30.1 Å². The number of piperidine rings is 1. The maximum atomic E-state index is 9.74. The Morgan fingerprint density at radius 1 is 1.25 bits per heavy atom. The monoisotopic (exact) mass is 509 g/mol. The summed E-state index contributed by atoms with van der Waals surface area (Å²) in [5, 5.41) is 16.2. The number of benzene rings is 2. The molecule has 0 aliphatic carbocycles. The highest BCUT2D eigenvalue weighted by Crippen LogP contribution is 2.37. The first-order chi connectivity index (χ1) is 17.4. The van der Waals surface area contributed by atoms with E-state index in [1.165, 1.54) is 23.4 Å². The van der Waals surface area contributed by atoms with Crippen LogP contribution >= 0.6 is 11.6 Å². The molecule has 0 amide bonds. The first-order valence-electron chi connectivity index (χ1n) is 11.9. The second-order valence-corrected chi connectivity index (χ2v) is 9.32. The molecule has 36 heavy (non-hydrogen) atoms. The molecule has 3 N–H and O–H groups in total. The fourth-order valence-corrected chi connectivity index (χ4v) is 4.45. The summed E-state index contributed by atoms with van der Waals surface area (Å²) in [6.45, 7) is 7.88. The Morgan fingerprint density at radius 3 is 2.75 bits per heavy atom. The van der Waals surface area contributed by atoms with Crippen molar-refractivity contribution in [3.05, 3.63) is 71.4 Å². The minimum absolute atomic E-state index is 0.203. The average Bonchev–Trinajstić information content (AvgIpc) is 2.87. The highest BCUT2D eigenvalue weighted by atomic mass is 35.5. The van der Waals surface area contributed by atoms with Crippen molar-refractivity contribution < 1.29 is 14.6 Å². The van der Waals surface area contributed by atoms with E-state index in [4.69, 9.17) is 21.1 Å². The van der Waals surface area contributed by atoms with Crippen LogP contribution in [-0.4, -0.2) is 53.4 Å². The van der Waals surface area contributed by atoms with Gasteiger partial charge in [0.05, 0.1) is 19.0 Å². The number of aromatic nitrogens is 2. The van der Waals surface area contributed by atoms with Crippen molar-refractivity contribution >= 4 is 28.9 Å². The predicted octanol–water partition coefficient (Wildman–Crippen LogP) is 5.71. The molecule has 9 heteroatoms. The van der Waals surface area contributed by atoms with Crippen molar-refractivity contribution in [2.45, 2.75) is 31.9 Å². The van der Waals surface area contributed by atoms with E-state index >= 15 is 0 Å². The van der Waals surface area contributed by atoms with E-state index in [9.17, 15) is 5.11 Å². The average molecular weight is 510 g/mol. The number of anilines is 3. The number of hydrogen-bond acceptors (Lipinski definition) is 8. The van der Waals surface area contributed by atoms with E-state index in [0.29, 0.717) is 23.3 Å². The van der Waals surface area contributed by atoms with Gasteiger partial charge in [-0.05, 0) is 87.3 Å². The summed E-state index contributed by atoms with van der Waals surface area (Å²) in [7, 11) is 3.83. The minimum Gasteiger partial charge on any atom is -0.495 e. The molecule has 1 aliphatic rings. The molecule has 2 aromatic carbocycles. The maximum absolute atomic E-state index is 9.74. The summed E-state index contributed by atoms with van der Waals surface area (Å²) in [4.78, 5) is 11.2. The Morgan fingerprint density at radius 2 is 2.03 bits per heavy atom. The van der Waals surface area contributed by atoms with E-state index < -0.39 is 6.23 Å². The van der Waals surface area contributed by atoms with Crippen LogP contribution in [0.5, 0.6) is 17.4 Å². The molecule has 190 valence electrons. The molecular weight excluding hydrogens is 478 g/mol. The van der Waals surface area contributed by atoms with Gasteiger partial charge in [-0.2, -0.15) is 4.98 Å². The van der Waals surface area contributed by atoms with E-state index in [1.54, 1.807) is 31.4 Å². The number of methoxy groups -OCH3 is 1. The van der Waals surface area contributed by atoms with Crippen LogP contribution in [0.2, 0.25) is 5.02 Å². The SMILES string of the molecule is C=CC(O)Nc1cccc(Oc2nc(Nc3cc(C)c(C4CCN(C)CC4)cc3OC)ncc2Cl)c1. The number of hydrogen-bond donors (Lipinski definition) is 3. The van der Waals surface area contributed by atoms with Crippen LogP contribution < -0.4 is 20.1 Å². The molecule has 0 saturated carbocycles. The number of rotatable bonds is 9. The van der Waals surface area contributed by atoms with Gasteiger partial charge in [-0.15, -0.1) is 0 Å². The van der Waals surface area contributed by atoms with Crippen molar-refractivity contribution in [2.75, 3.05) is 37.9 Å². The van der Waals surface area contributed by atoms with Crippen molar-refractivity contribution in [3.63, 3.8) is 0 Å². The number of aliphatic hydroxyl groups is 1. The zero-order chi connectivity index (χ0) is 25.7. The van der Waals surface area contributed by atoms with Crippen LogP contribution in [0.15, 0.2) is 55.3 Å². The largest absolute Gasteiger partial charge is 0.495 e. The lowest BCUT2D eigenvalue weighted by Crippen LogP contribution is -2.29. The van der Waals surface area contributed by atoms with Gasteiger partial charge in [0.2, 0.25) is 11.8 Å². The molecule has 0 bridgehead atoms. The van der Waals surface area contributed by atoms with Gasteiger partial charge in [-0.3, -0.25) is 0 Å². The maximum Gasteiger partial charge on any atom is 0.243 e. The summed E-state index contributed by atoms with van der Waals surface area (Å²) in [6.07, 6.45) is 4.28. The molecule has 1 atom stereocenters. The third-order valence-corrected chi connectivity index (χ3v) is 6.55. The Balaban J connectivity index is 1.54. The van der Waals surface area contributed by atoms with Crippen LogP contribution in [0.1, 0.15) is 29.9 Å². The first-order valence-corrected chi connectivity index (χ1v) is 12.3. The summed E-state index contributed by atoms with van der Waals surface area (Å²) >= 11 is 6.32. The Labute approximate surface area is 216 Å². The highest BCUT2D eigenvalue weighted by molar-refractivity contribution is 6.31. The van der Waals surface area contributed by atoms with E-state index in [-0.39, 0.29) is 10.9 Å². The zero-order valence-corrected chi connectivity index (χ0v) is 21.5. The van der Waals surface area contributed by atoms with Crippen molar-refractivity contribution in [3.8, 4) is 17.4 Å². The quantitative estimate of drug-likeness (QED) is 0.249. The smallest absolute Gasteiger partial charge is 0.243 e. The van der Waals surface area contributed by atoms with Gasteiger partial charge in [0.1, 0.15) is 22.7 Å². The predicted molar refractivity (Wildman–Crippen MR) is 144 cm³/mol. The Hall–Kier alpha value is -3.33. The van der Waals surface area contributed by atoms with Crippen molar-refractivity contribution in [2.24, 2.45) is 0 Å². The molecule has 1 aliphatic heterocycles. The second kappa shape index (κ2) is 11.6. The number of aliphatic hydroxyl groups excluding tert-OH is 1. The molecule has 3 aromatic rings. The Bertz CT molecular complexity index is 1210. The number of nitrogens with zero attached hydrogens (tertiary/aromatic N) is 3. The van der Waals surface area contributed by atoms with Crippen LogP contribution in [0.3, 0.4) is 0 Å². The molecule has 1 saturated heterocycles. The number of ether oxygens (including phenoxy) is 2. The Kier molecular flexibility index (Phi) is 8.30. The van der Waals surface area contributed by atoms with Crippen molar-refractivity contribution in [1.29, 1.82) is 0 Å². The van der Waals surface area contributed by atoms with Gasteiger partial charge in [-0.1, -0.05) is 24.2 Å². The van der Waals surface area contributed by atoms with Crippen LogP contribution in [-0.2, 0) is 0 Å². The topological polar surface area (TPSA) is 91.8 Å². The molecule has 4 rings (SSSR count). The molecule has 1 unspecified atom stereocenters. The molecule has 2 heterocycles. The van der Waals surface area contributed by atoms with Crippen LogP contribution in [0.4, 0.5) is 17.3 Å². The molecular formula is C27H32ClN5O3. The molecule has 0 radical (unpaired) electrons. The normalized spacial score (nSPS) is 15.2. The summed E-state index contributed by atoms with van der Waals surface area (Å²) in [6, 6.07) is 11.3. The van der Waals surface area contributed by atoms with Gasteiger partial charge in [-0.25, -0.2) is 4.98 Å².